The van der Waals surface area contributed by atoms with Crippen molar-refractivity contribution >= 4 is 51.5 Å². The molecule has 0 N–H and O–H groups in total. The Hall–Kier alpha value is -0.820. The average molecular weight is 386 g/mol. The molecule has 0 atom stereocenters. The first-order valence-electron chi connectivity index (χ1n) is 6.17. The van der Waals surface area contributed by atoms with Crippen LogP contribution in [0.2, 0.25) is 0 Å². The van der Waals surface area contributed by atoms with Crippen molar-refractivity contribution in [1.29, 1.82) is 0 Å². The van der Waals surface area contributed by atoms with Gasteiger partial charge in [0.2, 0.25) is 0 Å². The minimum Gasteiger partial charge on any atom is -0.287 e. The molecule has 1 aliphatic heterocycles. The van der Waals surface area contributed by atoms with Gasteiger partial charge in [-0.3, -0.25) is 14.7 Å². The van der Waals surface area contributed by atoms with Gasteiger partial charge in [0.1, 0.15) is 0 Å². The van der Waals surface area contributed by atoms with Crippen molar-refractivity contribution in [3.63, 3.8) is 0 Å². The largest absolute Gasteiger partial charge is 0.287 e. The number of nitrogens with zero attached hydrogens (tertiary/aromatic N) is 2. The van der Waals surface area contributed by atoms with Crippen LogP contribution < -0.4 is 0 Å². The molecule has 1 saturated heterocycles. The van der Waals surface area contributed by atoms with Gasteiger partial charge in [-0.25, -0.2) is 0 Å². The van der Waals surface area contributed by atoms with Gasteiger partial charge in [0.15, 0.2) is 5.17 Å². The normalized spacial score (nSPS) is 19.7. The third-order valence-electron chi connectivity index (χ3n) is 2.69. The maximum atomic E-state index is 12.3. The van der Waals surface area contributed by atoms with E-state index < -0.39 is 0 Å². The van der Waals surface area contributed by atoms with Crippen molar-refractivity contribution in [2.45, 2.75) is 13.8 Å². The topological polar surface area (TPSA) is 32.7 Å². The fourth-order valence-corrected chi connectivity index (χ4v) is 3.41. The van der Waals surface area contributed by atoms with Gasteiger partial charge in [-0.15, -0.1) is 0 Å². The quantitative estimate of drug-likeness (QED) is 0.588. The van der Waals surface area contributed by atoms with Crippen LogP contribution in [-0.4, -0.2) is 29.1 Å². The SMILES string of the molecule is CCN=C1SC(=Cc2ccccc2I)C(=O)N1CC. The summed E-state index contributed by atoms with van der Waals surface area (Å²) in [5.41, 5.74) is 1.08. The van der Waals surface area contributed by atoms with Gasteiger partial charge in [-0.1, -0.05) is 18.2 Å². The summed E-state index contributed by atoms with van der Waals surface area (Å²) in [5, 5.41) is 0.812. The molecule has 0 aromatic heterocycles. The number of halogens is 1. The van der Waals surface area contributed by atoms with E-state index in [-0.39, 0.29) is 5.91 Å². The molecule has 19 heavy (non-hydrogen) atoms. The fourth-order valence-electron chi connectivity index (χ4n) is 1.77. The lowest BCUT2D eigenvalue weighted by Gasteiger charge is -2.11. The zero-order valence-corrected chi connectivity index (χ0v) is 13.9. The summed E-state index contributed by atoms with van der Waals surface area (Å²) < 4.78 is 1.14. The van der Waals surface area contributed by atoms with Crippen molar-refractivity contribution in [3.05, 3.63) is 38.3 Å². The Labute approximate surface area is 131 Å². The smallest absolute Gasteiger partial charge is 0.266 e. The predicted octanol–water partition coefficient (Wildman–Crippen LogP) is 3.60. The van der Waals surface area contributed by atoms with Gasteiger partial charge < -0.3 is 0 Å². The van der Waals surface area contributed by atoms with E-state index in [1.807, 2.05) is 44.2 Å². The zero-order chi connectivity index (χ0) is 13.8. The second-order valence-electron chi connectivity index (χ2n) is 3.94. The van der Waals surface area contributed by atoms with Gasteiger partial charge in [0.05, 0.1) is 4.91 Å². The summed E-state index contributed by atoms with van der Waals surface area (Å²) in [7, 11) is 0. The third-order valence-corrected chi connectivity index (χ3v) is 4.72. The minimum absolute atomic E-state index is 0.0550. The first kappa shape index (κ1) is 14.6. The van der Waals surface area contributed by atoms with Gasteiger partial charge in [0.25, 0.3) is 5.91 Å². The molecule has 0 unspecified atom stereocenters. The Balaban J connectivity index is 2.34. The Morgan fingerprint density at radius 3 is 2.74 bits per heavy atom. The molecule has 2 rings (SSSR count). The lowest BCUT2D eigenvalue weighted by atomic mass is 10.2. The highest BCUT2D eigenvalue weighted by Gasteiger charge is 2.31. The molecule has 1 aromatic carbocycles. The summed E-state index contributed by atoms with van der Waals surface area (Å²) in [6.45, 7) is 5.31. The summed E-state index contributed by atoms with van der Waals surface area (Å²) >= 11 is 3.75. The third kappa shape index (κ3) is 3.20. The number of hydrogen-bond donors (Lipinski definition) is 0. The molecule has 1 heterocycles. The van der Waals surface area contributed by atoms with E-state index in [2.05, 4.69) is 27.6 Å². The van der Waals surface area contributed by atoms with Crippen LogP contribution in [0.3, 0.4) is 0 Å². The van der Waals surface area contributed by atoms with E-state index in [1.54, 1.807) is 4.90 Å². The van der Waals surface area contributed by atoms with Crippen LogP contribution >= 0.6 is 34.4 Å². The molecule has 0 bridgehead atoms. The molecule has 0 saturated carbocycles. The molecule has 1 aromatic rings. The summed E-state index contributed by atoms with van der Waals surface area (Å²) in [5.74, 6) is 0.0550. The molecule has 3 nitrogen and oxygen atoms in total. The first-order chi connectivity index (χ1) is 9.17. The summed E-state index contributed by atoms with van der Waals surface area (Å²) in [4.78, 5) is 19.2. The Morgan fingerprint density at radius 2 is 2.11 bits per heavy atom. The molecule has 0 radical (unpaired) electrons. The van der Waals surface area contributed by atoms with Gasteiger partial charge in [0, 0.05) is 16.7 Å². The minimum atomic E-state index is 0.0550. The second kappa shape index (κ2) is 6.56. The van der Waals surface area contributed by atoms with Crippen molar-refractivity contribution < 1.29 is 4.79 Å². The number of thioether (sulfide) groups is 1. The molecule has 1 amide bonds. The number of carbonyl (C=O) groups excluding carboxylic acids is 1. The molecule has 1 fully saturated rings. The maximum Gasteiger partial charge on any atom is 0.266 e. The van der Waals surface area contributed by atoms with Crippen LogP contribution in [0.15, 0.2) is 34.2 Å². The van der Waals surface area contributed by atoms with Gasteiger partial charge in [-0.2, -0.15) is 0 Å². The zero-order valence-electron chi connectivity index (χ0n) is 10.9. The fraction of sp³-hybridized carbons (Fsp3) is 0.286. The highest BCUT2D eigenvalue weighted by molar-refractivity contribution is 14.1. The Kier molecular flexibility index (Phi) is 5.04. The summed E-state index contributed by atoms with van der Waals surface area (Å²) in [6, 6.07) is 8.04. The standard InChI is InChI=1S/C14H15IN2OS/c1-3-16-14-17(4-2)13(18)12(19-14)9-10-7-5-6-8-11(10)15/h5-9H,3-4H2,1-2H3. The van der Waals surface area contributed by atoms with E-state index in [1.165, 1.54) is 11.8 Å². The van der Waals surface area contributed by atoms with E-state index in [0.717, 1.165) is 19.2 Å². The highest BCUT2D eigenvalue weighted by Crippen LogP contribution is 2.32. The van der Waals surface area contributed by atoms with E-state index in [4.69, 9.17) is 0 Å². The van der Waals surface area contributed by atoms with E-state index in [0.29, 0.717) is 13.1 Å². The molecule has 0 spiro atoms. The maximum absolute atomic E-state index is 12.3. The number of benzene rings is 1. The van der Waals surface area contributed by atoms with Crippen molar-refractivity contribution in [2.24, 2.45) is 4.99 Å². The van der Waals surface area contributed by atoms with Crippen molar-refractivity contribution in [3.8, 4) is 0 Å². The van der Waals surface area contributed by atoms with Crippen molar-refractivity contribution in [2.75, 3.05) is 13.1 Å². The van der Waals surface area contributed by atoms with Crippen LogP contribution in [-0.2, 0) is 4.79 Å². The van der Waals surface area contributed by atoms with Crippen molar-refractivity contribution in [1.82, 2.24) is 4.90 Å². The number of rotatable bonds is 3. The number of amides is 1. The predicted molar refractivity (Wildman–Crippen MR) is 90.1 cm³/mol. The van der Waals surface area contributed by atoms with Crippen LogP contribution in [0.25, 0.3) is 6.08 Å². The number of aliphatic imine (C=N–C) groups is 1. The van der Waals surface area contributed by atoms with E-state index in [9.17, 15) is 4.79 Å². The molecular formula is C14H15IN2OS. The van der Waals surface area contributed by atoms with Gasteiger partial charge >= 0.3 is 0 Å². The lowest BCUT2D eigenvalue weighted by Crippen LogP contribution is -2.28. The Bertz CT molecular complexity index is 554. The number of hydrogen-bond acceptors (Lipinski definition) is 3. The molecule has 100 valence electrons. The first-order valence-corrected chi connectivity index (χ1v) is 8.07. The Morgan fingerprint density at radius 1 is 1.37 bits per heavy atom. The summed E-state index contributed by atoms with van der Waals surface area (Å²) in [6.07, 6.45) is 1.95. The average Bonchev–Trinajstić information content (AvgIpc) is 2.69. The number of carbonyl (C=O) groups is 1. The van der Waals surface area contributed by atoms with Crippen LogP contribution in [0, 0.1) is 3.57 Å². The monoisotopic (exact) mass is 386 g/mol. The lowest BCUT2D eigenvalue weighted by molar-refractivity contribution is -0.122. The molecular weight excluding hydrogens is 371 g/mol. The molecule has 1 aliphatic rings. The van der Waals surface area contributed by atoms with Crippen LogP contribution in [0.5, 0.6) is 0 Å². The highest BCUT2D eigenvalue weighted by atomic mass is 127. The number of amidine groups is 1. The second-order valence-corrected chi connectivity index (χ2v) is 6.11. The molecule has 0 aliphatic carbocycles. The van der Waals surface area contributed by atoms with Crippen LogP contribution in [0.1, 0.15) is 19.4 Å². The molecule has 5 heteroatoms. The van der Waals surface area contributed by atoms with E-state index >= 15 is 0 Å². The number of likely N-dealkylation sites (N-methyl/N-ethyl adjacent to an activating group) is 1. The van der Waals surface area contributed by atoms with Crippen LogP contribution in [0.4, 0.5) is 0 Å². The van der Waals surface area contributed by atoms with Gasteiger partial charge in [-0.05, 0) is 65.9 Å².